The van der Waals surface area contributed by atoms with Crippen molar-refractivity contribution in [3.63, 3.8) is 0 Å². The van der Waals surface area contributed by atoms with Crippen molar-refractivity contribution < 1.29 is 13.2 Å². The molecule has 20 heavy (non-hydrogen) atoms. The summed E-state index contributed by atoms with van der Waals surface area (Å²) >= 11 is 3.21. The molecule has 0 aliphatic heterocycles. The van der Waals surface area contributed by atoms with Gasteiger partial charge in [-0.2, -0.15) is 13.2 Å². The van der Waals surface area contributed by atoms with Gasteiger partial charge in [0.05, 0.1) is 16.9 Å². The van der Waals surface area contributed by atoms with Crippen molar-refractivity contribution in [2.45, 2.75) is 24.9 Å². The first-order valence-corrected chi connectivity index (χ1v) is 6.85. The van der Waals surface area contributed by atoms with E-state index in [9.17, 15) is 18.0 Å². The maximum atomic E-state index is 12.7. The number of hydrogen-bond donors (Lipinski definition) is 1. The SMILES string of the molecule is O=c1c(Br)c(C2CC2)[nH]n1-c1cccc(C(F)(F)F)c1. The summed E-state index contributed by atoms with van der Waals surface area (Å²) in [4.78, 5) is 12.1. The predicted molar refractivity (Wildman–Crippen MR) is 71.1 cm³/mol. The van der Waals surface area contributed by atoms with E-state index in [0.717, 1.165) is 35.4 Å². The van der Waals surface area contributed by atoms with Crippen LogP contribution in [0.2, 0.25) is 0 Å². The maximum absolute atomic E-state index is 12.7. The summed E-state index contributed by atoms with van der Waals surface area (Å²) in [6.07, 6.45) is -2.45. The third-order valence-electron chi connectivity index (χ3n) is 3.28. The summed E-state index contributed by atoms with van der Waals surface area (Å²) < 4.78 is 39.6. The number of rotatable bonds is 2. The fraction of sp³-hybridized carbons (Fsp3) is 0.308. The summed E-state index contributed by atoms with van der Waals surface area (Å²) in [6.45, 7) is 0. The number of alkyl halides is 3. The Balaban J connectivity index is 2.10. The largest absolute Gasteiger partial charge is 0.416 e. The summed E-state index contributed by atoms with van der Waals surface area (Å²) in [5, 5.41) is 2.90. The zero-order valence-corrected chi connectivity index (χ0v) is 11.8. The second-order valence-corrected chi connectivity index (χ2v) is 5.60. The summed E-state index contributed by atoms with van der Waals surface area (Å²) in [7, 11) is 0. The van der Waals surface area contributed by atoms with E-state index in [4.69, 9.17) is 0 Å². The number of aromatic nitrogens is 2. The highest BCUT2D eigenvalue weighted by Gasteiger charge is 2.32. The minimum absolute atomic E-state index is 0.178. The number of aromatic amines is 1. The van der Waals surface area contributed by atoms with Gasteiger partial charge in [0.1, 0.15) is 4.47 Å². The average molecular weight is 347 g/mol. The Morgan fingerprint density at radius 1 is 1.30 bits per heavy atom. The van der Waals surface area contributed by atoms with E-state index in [-0.39, 0.29) is 11.2 Å². The highest BCUT2D eigenvalue weighted by atomic mass is 79.9. The fourth-order valence-electron chi connectivity index (χ4n) is 2.08. The lowest BCUT2D eigenvalue weighted by molar-refractivity contribution is -0.137. The van der Waals surface area contributed by atoms with Crippen LogP contribution in [0.4, 0.5) is 13.2 Å². The third-order valence-corrected chi connectivity index (χ3v) is 4.04. The molecule has 1 heterocycles. The smallest absolute Gasteiger partial charge is 0.294 e. The molecule has 2 aromatic rings. The second kappa shape index (κ2) is 4.51. The van der Waals surface area contributed by atoms with Crippen LogP contribution in [0.25, 0.3) is 5.69 Å². The van der Waals surface area contributed by atoms with E-state index < -0.39 is 11.7 Å². The van der Waals surface area contributed by atoms with Gasteiger partial charge in [-0.15, -0.1) is 0 Å². The van der Waals surface area contributed by atoms with E-state index in [1.807, 2.05) is 0 Å². The molecule has 1 aromatic carbocycles. The van der Waals surface area contributed by atoms with Crippen molar-refractivity contribution in [3.05, 3.63) is 50.3 Å². The standard InChI is InChI=1S/C13H10BrF3N2O/c14-10-11(7-4-5-7)18-19(12(10)20)9-3-1-2-8(6-9)13(15,16)17/h1-3,6-7,18H,4-5H2. The van der Waals surface area contributed by atoms with Crippen molar-refractivity contribution in [2.24, 2.45) is 0 Å². The Bertz CT molecular complexity index is 713. The molecule has 1 aliphatic rings. The van der Waals surface area contributed by atoms with Crippen molar-refractivity contribution in [3.8, 4) is 5.69 Å². The molecular weight excluding hydrogens is 337 g/mol. The minimum Gasteiger partial charge on any atom is -0.294 e. The van der Waals surface area contributed by atoms with Gasteiger partial charge in [0.15, 0.2) is 0 Å². The normalized spacial score (nSPS) is 15.6. The predicted octanol–water partition coefficient (Wildman–Crippen LogP) is 3.82. The van der Waals surface area contributed by atoms with Gasteiger partial charge in [0.25, 0.3) is 5.56 Å². The van der Waals surface area contributed by atoms with Gasteiger partial charge in [-0.3, -0.25) is 9.89 Å². The molecule has 0 saturated heterocycles. The number of hydrogen-bond acceptors (Lipinski definition) is 1. The Morgan fingerprint density at radius 2 is 2.00 bits per heavy atom. The van der Waals surface area contributed by atoms with Crippen LogP contribution < -0.4 is 5.56 Å². The van der Waals surface area contributed by atoms with Crippen molar-refractivity contribution in [2.75, 3.05) is 0 Å². The van der Waals surface area contributed by atoms with Crippen LogP contribution >= 0.6 is 15.9 Å². The van der Waals surface area contributed by atoms with Crippen LogP contribution in [0.5, 0.6) is 0 Å². The van der Waals surface area contributed by atoms with Crippen LogP contribution in [-0.2, 0) is 6.18 Å². The lowest BCUT2D eigenvalue weighted by atomic mass is 10.2. The van der Waals surface area contributed by atoms with Gasteiger partial charge in [0.2, 0.25) is 0 Å². The van der Waals surface area contributed by atoms with Crippen molar-refractivity contribution in [1.82, 2.24) is 9.78 Å². The summed E-state index contributed by atoms with van der Waals surface area (Å²) in [6, 6.07) is 4.70. The average Bonchev–Trinajstić information content (AvgIpc) is 3.18. The van der Waals surface area contributed by atoms with Gasteiger partial charge in [0, 0.05) is 5.92 Å². The zero-order chi connectivity index (χ0) is 14.5. The molecule has 106 valence electrons. The zero-order valence-electron chi connectivity index (χ0n) is 10.2. The molecule has 1 saturated carbocycles. The Morgan fingerprint density at radius 3 is 2.60 bits per heavy atom. The van der Waals surface area contributed by atoms with Gasteiger partial charge >= 0.3 is 6.18 Å². The lowest BCUT2D eigenvalue weighted by Crippen LogP contribution is -2.15. The van der Waals surface area contributed by atoms with E-state index in [1.54, 1.807) is 0 Å². The summed E-state index contributed by atoms with van der Waals surface area (Å²) in [5.74, 6) is 0.295. The topological polar surface area (TPSA) is 37.8 Å². The molecule has 0 bridgehead atoms. The molecule has 0 amide bonds. The Hall–Kier alpha value is -1.50. The maximum Gasteiger partial charge on any atom is 0.416 e. The molecule has 7 heteroatoms. The number of benzene rings is 1. The lowest BCUT2D eigenvalue weighted by Gasteiger charge is -2.08. The molecule has 1 aliphatic carbocycles. The number of H-pyrrole nitrogens is 1. The molecule has 3 nitrogen and oxygen atoms in total. The highest BCUT2D eigenvalue weighted by molar-refractivity contribution is 9.10. The molecular formula is C13H10BrF3N2O. The molecule has 1 N–H and O–H groups in total. The van der Waals surface area contributed by atoms with Gasteiger partial charge in [-0.05, 0) is 47.0 Å². The van der Waals surface area contributed by atoms with Crippen molar-refractivity contribution in [1.29, 1.82) is 0 Å². The minimum atomic E-state index is -4.43. The molecule has 0 spiro atoms. The fourth-order valence-corrected chi connectivity index (χ4v) is 2.67. The molecule has 0 unspecified atom stereocenters. The van der Waals surface area contributed by atoms with Gasteiger partial charge in [-0.25, -0.2) is 4.68 Å². The first-order chi connectivity index (χ1) is 9.38. The number of nitrogens with one attached hydrogen (secondary N) is 1. The Labute approximate surface area is 120 Å². The van der Waals surface area contributed by atoms with Crippen molar-refractivity contribution >= 4 is 15.9 Å². The van der Waals surface area contributed by atoms with Crippen LogP contribution in [0, 0.1) is 0 Å². The van der Waals surface area contributed by atoms with Crippen LogP contribution in [0.1, 0.15) is 30.0 Å². The molecule has 1 aromatic heterocycles. The monoisotopic (exact) mass is 346 g/mol. The highest BCUT2D eigenvalue weighted by Crippen LogP contribution is 2.41. The van der Waals surface area contributed by atoms with E-state index in [1.165, 1.54) is 12.1 Å². The van der Waals surface area contributed by atoms with Crippen LogP contribution in [0.15, 0.2) is 33.5 Å². The van der Waals surface area contributed by atoms with E-state index in [0.29, 0.717) is 10.4 Å². The number of nitrogens with zero attached hydrogens (tertiary/aromatic N) is 1. The molecule has 0 radical (unpaired) electrons. The van der Waals surface area contributed by atoms with E-state index >= 15 is 0 Å². The molecule has 0 atom stereocenters. The first-order valence-electron chi connectivity index (χ1n) is 6.06. The van der Waals surface area contributed by atoms with Gasteiger partial charge < -0.3 is 0 Å². The third kappa shape index (κ3) is 2.30. The quantitative estimate of drug-likeness (QED) is 0.881. The van der Waals surface area contributed by atoms with Gasteiger partial charge in [-0.1, -0.05) is 6.07 Å². The first kappa shape index (κ1) is 13.5. The Kier molecular flexibility index (Phi) is 3.04. The number of halogens is 4. The second-order valence-electron chi connectivity index (χ2n) is 4.80. The molecule has 1 fully saturated rings. The van der Waals surface area contributed by atoms with Crippen LogP contribution in [0.3, 0.4) is 0 Å². The van der Waals surface area contributed by atoms with Crippen LogP contribution in [-0.4, -0.2) is 9.78 Å². The molecule has 3 rings (SSSR count). The summed E-state index contributed by atoms with van der Waals surface area (Å²) in [5.41, 5.74) is -0.211. The van der Waals surface area contributed by atoms with E-state index in [2.05, 4.69) is 21.0 Å².